The van der Waals surface area contributed by atoms with Gasteiger partial charge in [-0.25, -0.2) is 13.2 Å². The van der Waals surface area contributed by atoms with Crippen molar-refractivity contribution in [2.75, 3.05) is 7.11 Å². The van der Waals surface area contributed by atoms with Gasteiger partial charge in [-0.3, -0.25) is 4.90 Å². The van der Waals surface area contributed by atoms with E-state index in [-0.39, 0.29) is 11.8 Å². The van der Waals surface area contributed by atoms with Gasteiger partial charge in [-0.05, 0) is 51.3 Å². The van der Waals surface area contributed by atoms with Gasteiger partial charge in [0.05, 0.1) is 16.7 Å². The summed E-state index contributed by atoms with van der Waals surface area (Å²) in [5.41, 5.74) is 0.984. The van der Waals surface area contributed by atoms with E-state index in [2.05, 4.69) is 0 Å². The molecule has 1 unspecified atom stereocenters. The summed E-state index contributed by atoms with van der Waals surface area (Å²) in [5, 5.41) is -0.253. The maximum absolute atomic E-state index is 12.4. The van der Waals surface area contributed by atoms with Crippen molar-refractivity contribution in [3.05, 3.63) is 29.3 Å². The summed E-state index contributed by atoms with van der Waals surface area (Å²) >= 11 is 0. The molecule has 0 radical (unpaired) electrons. The van der Waals surface area contributed by atoms with Gasteiger partial charge in [-0.2, -0.15) is 0 Å². The highest BCUT2D eigenvalue weighted by atomic mass is 32.2. The maximum Gasteiger partial charge on any atom is 0.412 e. The lowest BCUT2D eigenvalue weighted by Crippen LogP contribution is -2.36. The zero-order chi connectivity index (χ0) is 21.7. The van der Waals surface area contributed by atoms with E-state index in [1.807, 2.05) is 27.7 Å². The van der Waals surface area contributed by atoms with Crippen LogP contribution in [0.15, 0.2) is 23.1 Å². The number of hydrogen-bond acceptors (Lipinski definition) is 5. The first-order valence-corrected chi connectivity index (χ1v) is 11.6. The number of nitrogens with zero attached hydrogens (tertiary/aromatic N) is 1. The van der Waals surface area contributed by atoms with E-state index < -0.39 is 27.8 Å². The average Bonchev–Trinajstić information content (AvgIpc) is 3.44. The minimum Gasteiger partial charge on any atom is -0.444 e. The molecule has 1 amide bonds. The van der Waals surface area contributed by atoms with Crippen molar-refractivity contribution in [2.45, 2.75) is 89.8 Å². The Bertz CT molecular complexity index is 763. The van der Waals surface area contributed by atoms with Crippen LogP contribution in [0.1, 0.15) is 78.7 Å². The van der Waals surface area contributed by atoms with Crippen molar-refractivity contribution in [2.24, 2.45) is 0 Å². The molecule has 160 valence electrons. The second kappa shape index (κ2) is 9.74. The summed E-state index contributed by atoms with van der Waals surface area (Å²) in [6.45, 7) is 13.7. The van der Waals surface area contributed by atoms with Gasteiger partial charge in [0.25, 0.3) is 0 Å². The Hall–Kier alpha value is -1.60. The van der Waals surface area contributed by atoms with E-state index in [0.717, 1.165) is 24.0 Å². The average molecular weight is 414 g/mol. The van der Waals surface area contributed by atoms with Crippen LogP contribution in [0.5, 0.6) is 0 Å². The Kier molecular flexibility index (Phi) is 8.50. The third-order valence-electron chi connectivity index (χ3n) is 4.15. The van der Waals surface area contributed by atoms with Crippen molar-refractivity contribution < 1.29 is 22.7 Å². The zero-order valence-electron chi connectivity index (χ0n) is 18.4. The SMILES string of the molecule is CC.CC.COC1c2ccc(S(=O)(=O)C3CC3)cc2CN1C(=O)OC(C)(C)C. The molecular weight excluding hydrogens is 378 g/mol. The maximum atomic E-state index is 12.4. The third kappa shape index (κ3) is 5.47. The molecule has 3 rings (SSSR count). The highest BCUT2D eigenvalue weighted by Crippen LogP contribution is 2.39. The lowest BCUT2D eigenvalue weighted by Gasteiger charge is -2.27. The van der Waals surface area contributed by atoms with Crippen LogP contribution in [0.25, 0.3) is 0 Å². The van der Waals surface area contributed by atoms with Gasteiger partial charge < -0.3 is 9.47 Å². The van der Waals surface area contributed by atoms with Crippen LogP contribution >= 0.6 is 0 Å². The largest absolute Gasteiger partial charge is 0.444 e. The topological polar surface area (TPSA) is 72.9 Å². The van der Waals surface area contributed by atoms with E-state index in [4.69, 9.17) is 9.47 Å². The molecule has 0 saturated heterocycles. The van der Waals surface area contributed by atoms with Gasteiger partial charge in [-0.1, -0.05) is 33.8 Å². The van der Waals surface area contributed by atoms with Crippen LogP contribution in [-0.2, 0) is 25.9 Å². The number of hydrogen-bond donors (Lipinski definition) is 0. The number of rotatable bonds is 3. The number of carbonyl (C=O) groups excluding carboxylic acids is 1. The number of ether oxygens (including phenoxy) is 2. The monoisotopic (exact) mass is 413 g/mol. The first-order chi connectivity index (χ1) is 13.1. The van der Waals surface area contributed by atoms with Gasteiger partial charge in [0.15, 0.2) is 16.1 Å². The fourth-order valence-electron chi connectivity index (χ4n) is 2.88. The molecule has 0 N–H and O–H groups in total. The molecule has 6 nitrogen and oxygen atoms in total. The fourth-order valence-corrected chi connectivity index (χ4v) is 4.58. The van der Waals surface area contributed by atoms with E-state index in [0.29, 0.717) is 4.90 Å². The fraction of sp³-hybridized carbons (Fsp3) is 0.667. The molecule has 28 heavy (non-hydrogen) atoms. The number of carbonyl (C=O) groups is 1. The minimum atomic E-state index is -3.25. The van der Waals surface area contributed by atoms with Crippen LogP contribution in [0.3, 0.4) is 0 Å². The lowest BCUT2D eigenvalue weighted by atomic mass is 10.1. The van der Waals surface area contributed by atoms with Crippen LogP contribution in [-0.4, -0.2) is 37.4 Å². The Morgan fingerprint density at radius 3 is 2.14 bits per heavy atom. The van der Waals surface area contributed by atoms with Crippen molar-refractivity contribution in [3.63, 3.8) is 0 Å². The Morgan fingerprint density at radius 2 is 1.68 bits per heavy atom. The predicted molar refractivity (Wildman–Crippen MR) is 111 cm³/mol. The van der Waals surface area contributed by atoms with E-state index >= 15 is 0 Å². The summed E-state index contributed by atoms with van der Waals surface area (Å²) in [4.78, 5) is 14.2. The number of methoxy groups -OCH3 is 1. The van der Waals surface area contributed by atoms with Gasteiger partial charge in [0.2, 0.25) is 0 Å². The lowest BCUT2D eigenvalue weighted by molar-refractivity contribution is -0.0448. The predicted octanol–water partition coefficient (Wildman–Crippen LogP) is 5.07. The van der Waals surface area contributed by atoms with Crippen molar-refractivity contribution in [1.82, 2.24) is 4.90 Å². The molecular formula is C21H35NO5S. The zero-order valence-corrected chi connectivity index (χ0v) is 19.2. The smallest absolute Gasteiger partial charge is 0.412 e. The Labute approximate surface area is 170 Å². The number of fused-ring (bicyclic) bond motifs is 1. The highest BCUT2D eigenvalue weighted by Gasteiger charge is 2.40. The third-order valence-corrected chi connectivity index (χ3v) is 6.41. The normalized spacial score (nSPS) is 18.3. The molecule has 1 aliphatic heterocycles. The molecule has 1 saturated carbocycles. The summed E-state index contributed by atoms with van der Waals surface area (Å²) in [6.07, 6.45) is 0.415. The molecule has 1 atom stereocenters. The molecule has 0 spiro atoms. The van der Waals surface area contributed by atoms with Crippen molar-refractivity contribution >= 4 is 15.9 Å². The van der Waals surface area contributed by atoms with E-state index in [1.54, 1.807) is 39.0 Å². The Balaban J connectivity index is 0.000000921. The molecule has 0 aromatic heterocycles. The number of sulfone groups is 1. The van der Waals surface area contributed by atoms with E-state index in [9.17, 15) is 13.2 Å². The highest BCUT2D eigenvalue weighted by molar-refractivity contribution is 7.92. The molecule has 0 bridgehead atoms. The minimum absolute atomic E-state index is 0.253. The Morgan fingerprint density at radius 1 is 1.11 bits per heavy atom. The quantitative estimate of drug-likeness (QED) is 0.692. The first kappa shape index (κ1) is 24.4. The van der Waals surface area contributed by atoms with Crippen LogP contribution in [0.2, 0.25) is 0 Å². The van der Waals surface area contributed by atoms with Gasteiger partial charge >= 0.3 is 6.09 Å². The van der Waals surface area contributed by atoms with E-state index in [1.165, 1.54) is 12.0 Å². The van der Waals surface area contributed by atoms with Gasteiger partial charge in [0.1, 0.15) is 5.60 Å². The van der Waals surface area contributed by atoms with Gasteiger partial charge in [0, 0.05) is 12.7 Å². The number of amides is 1. The second-order valence-electron chi connectivity index (χ2n) is 7.30. The summed E-state index contributed by atoms with van der Waals surface area (Å²) in [5.74, 6) is 0. The second-order valence-corrected chi connectivity index (χ2v) is 9.53. The first-order valence-electron chi connectivity index (χ1n) is 10.0. The van der Waals surface area contributed by atoms with Crippen LogP contribution in [0, 0.1) is 0 Å². The standard InChI is InChI=1S/C17H23NO5S.2C2H6/c1-17(2,3)23-16(19)18-10-11-9-13(24(20,21)12-5-6-12)7-8-14(11)15(18)22-4;2*1-2/h7-9,12,15H,5-6,10H2,1-4H3;2*1-2H3. The van der Waals surface area contributed by atoms with Crippen molar-refractivity contribution in [3.8, 4) is 0 Å². The number of benzene rings is 1. The van der Waals surface area contributed by atoms with Crippen molar-refractivity contribution in [1.29, 1.82) is 0 Å². The van der Waals surface area contributed by atoms with Gasteiger partial charge in [-0.15, -0.1) is 0 Å². The molecule has 1 fully saturated rings. The van der Waals surface area contributed by atoms with Crippen LogP contribution in [0.4, 0.5) is 4.79 Å². The van der Waals surface area contributed by atoms with Crippen LogP contribution < -0.4 is 0 Å². The molecule has 1 aliphatic carbocycles. The summed E-state index contributed by atoms with van der Waals surface area (Å²) in [7, 11) is -1.73. The summed E-state index contributed by atoms with van der Waals surface area (Å²) < 4.78 is 35.7. The molecule has 7 heteroatoms. The molecule has 1 aromatic carbocycles. The molecule has 1 heterocycles. The summed E-state index contributed by atoms with van der Waals surface area (Å²) in [6, 6.07) is 5.01. The molecule has 2 aliphatic rings. The molecule has 1 aromatic rings.